The standard InChI is InChI=1S/C19H32N7.BrH/c1-24(2)18-9-7-17(8-10-18)22-23-19-25(13-5-3-11-20)15-16-26(19)14-6-4-12-21;/h7-10,15-16H,3-6,11-14,20-21H2,1-2H3;1H/q+1;/p-1. The van der Waals surface area contributed by atoms with Crippen molar-refractivity contribution in [3.8, 4) is 0 Å². The molecule has 150 valence electrons. The number of aromatic nitrogens is 2. The van der Waals surface area contributed by atoms with Gasteiger partial charge in [-0.2, -0.15) is 0 Å². The van der Waals surface area contributed by atoms with Gasteiger partial charge in [-0.1, -0.05) is 5.11 Å². The fraction of sp³-hybridized carbons (Fsp3) is 0.526. The maximum absolute atomic E-state index is 5.61. The fourth-order valence-corrected chi connectivity index (χ4v) is 2.70. The van der Waals surface area contributed by atoms with E-state index in [0.717, 1.165) is 56.1 Å². The van der Waals surface area contributed by atoms with Gasteiger partial charge in [0.2, 0.25) is 0 Å². The van der Waals surface area contributed by atoms with E-state index in [4.69, 9.17) is 11.5 Å². The van der Waals surface area contributed by atoms with Crippen LogP contribution in [0.2, 0.25) is 0 Å². The van der Waals surface area contributed by atoms with Gasteiger partial charge in [0.25, 0.3) is 0 Å². The summed E-state index contributed by atoms with van der Waals surface area (Å²) in [5.74, 6) is 0.871. The molecule has 2 aromatic rings. The molecule has 7 nitrogen and oxygen atoms in total. The molecule has 0 aliphatic heterocycles. The highest BCUT2D eigenvalue weighted by atomic mass is 79.9. The minimum Gasteiger partial charge on any atom is -1.00 e. The van der Waals surface area contributed by atoms with Crippen LogP contribution in [0.4, 0.5) is 17.3 Å². The molecule has 8 heteroatoms. The van der Waals surface area contributed by atoms with E-state index in [0.29, 0.717) is 13.1 Å². The summed E-state index contributed by atoms with van der Waals surface area (Å²) in [4.78, 5) is 2.06. The highest BCUT2D eigenvalue weighted by Crippen LogP contribution is 2.20. The second kappa shape index (κ2) is 12.6. The van der Waals surface area contributed by atoms with Crippen LogP contribution in [0.5, 0.6) is 0 Å². The van der Waals surface area contributed by atoms with Gasteiger partial charge in [0, 0.05) is 24.9 Å². The van der Waals surface area contributed by atoms with E-state index >= 15 is 0 Å². The lowest BCUT2D eigenvalue weighted by molar-refractivity contribution is -0.684. The SMILES string of the molecule is CN(C)c1ccc(/N=N/c2n(CCCCN)cc[n+]2CCCCN)cc1.[Br-]. The lowest BCUT2D eigenvalue weighted by atomic mass is 10.3. The van der Waals surface area contributed by atoms with Crippen LogP contribution in [0.3, 0.4) is 0 Å². The lowest BCUT2D eigenvalue weighted by Crippen LogP contribution is -3.00. The van der Waals surface area contributed by atoms with Crippen LogP contribution in [0.1, 0.15) is 25.7 Å². The molecule has 0 aliphatic rings. The van der Waals surface area contributed by atoms with Crippen LogP contribution in [-0.2, 0) is 13.1 Å². The van der Waals surface area contributed by atoms with Crippen LogP contribution < -0.4 is 37.9 Å². The summed E-state index contributed by atoms with van der Waals surface area (Å²) in [6.45, 7) is 3.23. The second-order valence-electron chi connectivity index (χ2n) is 6.59. The predicted octanol–water partition coefficient (Wildman–Crippen LogP) is -0.261. The lowest BCUT2D eigenvalue weighted by Gasteiger charge is -2.11. The molecule has 0 saturated heterocycles. The van der Waals surface area contributed by atoms with E-state index in [-0.39, 0.29) is 17.0 Å². The number of nitrogens with two attached hydrogens (primary N) is 2. The maximum atomic E-state index is 5.61. The molecule has 0 unspecified atom stereocenters. The number of unbranched alkanes of at least 4 members (excludes halogenated alkanes) is 2. The van der Waals surface area contributed by atoms with Crippen molar-refractivity contribution >= 4 is 17.3 Å². The van der Waals surface area contributed by atoms with Crippen LogP contribution in [-0.4, -0.2) is 31.8 Å². The van der Waals surface area contributed by atoms with Crippen LogP contribution >= 0.6 is 0 Å². The minimum atomic E-state index is 0. The topological polar surface area (TPSA) is 88.8 Å². The first-order valence-electron chi connectivity index (χ1n) is 9.33. The summed E-state index contributed by atoms with van der Waals surface area (Å²) >= 11 is 0. The molecule has 0 atom stereocenters. The van der Waals surface area contributed by atoms with Crippen LogP contribution in [0.15, 0.2) is 46.9 Å². The number of azo groups is 1. The molecule has 0 radical (unpaired) electrons. The van der Waals surface area contributed by atoms with E-state index in [1.165, 1.54) is 0 Å². The number of imidazole rings is 1. The predicted molar refractivity (Wildman–Crippen MR) is 106 cm³/mol. The number of nitrogens with zero attached hydrogens (tertiary/aromatic N) is 5. The Morgan fingerprint density at radius 1 is 0.963 bits per heavy atom. The Morgan fingerprint density at radius 3 is 2.26 bits per heavy atom. The number of rotatable bonds is 11. The first-order valence-corrected chi connectivity index (χ1v) is 9.33. The van der Waals surface area contributed by atoms with E-state index in [9.17, 15) is 0 Å². The van der Waals surface area contributed by atoms with Crippen LogP contribution in [0.25, 0.3) is 0 Å². The molecule has 0 aliphatic carbocycles. The summed E-state index contributed by atoms with van der Waals surface area (Å²) in [5.41, 5.74) is 13.2. The summed E-state index contributed by atoms with van der Waals surface area (Å²) in [5, 5.41) is 8.99. The zero-order valence-electron chi connectivity index (χ0n) is 16.4. The third-order valence-corrected chi connectivity index (χ3v) is 4.27. The average molecular weight is 438 g/mol. The van der Waals surface area contributed by atoms with Crippen molar-refractivity contribution in [3.05, 3.63) is 36.7 Å². The van der Waals surface area contributed by atoms with Crippen molar-refractivity contribution in [1.82, 2.24) is 4.57 Å². The zero-order valence-corrected chi connectivity index (χ0v) is 18.0. The quantitative estimate of drug-likeness (QED) is 0.288. The van der Waals surface area contributed by atoms with Crippen molar-refractivity contribution < 1.29 is 21.5 Å². The Bertz CT molecular complexity index is 652. The number of benzene rings is 1. The fourth-order valence-electron chi connectivity index (χ4n) is 2.70. The summed E-state index contributed by atoms with van der Waals surface area (Å²) in [6, 6.07) is 8.06. The Kier molecular flexibility index (Phi) is 10.8. The van der Waals surface area contributed by atoms with Gasteiger partial charge in [-0.25, -0.2) is 9.13 Å². The monoisotopic (exact) mass is 437 g/mol. The first-order chi connectivity index (χ1) is 12.7. The van der Waals surface area contributed by atoms with Crippen LogP contribution in [0, 0.1) is 0 Å². The Hall–Kier alpha value is -1.77. The second-order valence-corrected chi connectivity index (χ2v) is 6.59. The van der Waals surface area contributed by atoms with Gasteiger partial charge >= 0.3 is 5.95 Å². The van der Waals surface area contributed by atoms with E-state index < -0.39 is 0 Å². The third-order valence-electron chi connectivity index (χ3n) is 4.27. The number of aryl methyl sites for hydroxylation is 2. The molecular weight excluding hydrogens is 406 g/mol. The minimum absolute atomic E-state index is 0. The largest absolute Gasteiger partial charge is 1.00 e. The molecule has 0 saturated carbocycles. The molecule has 1 heterocycles. The molecule has 0 fully saturated rings. The number of anilines is 1. The van der Waals surface area contributed by atoms with Crippen molar-refractivity contribution in [2.24, 2.45) is 21.7 Å². The molecule has 4 N–H and O–H groups in total. The summed E-state index contributed by atoms with van der Waals surface area (Å²) < 4.78 is 4.30. The zero-order chi connectivity index (χ0) is 18.8. The van der Waals surface area contributed by atoms with Crippen molar-refractivity contribution in [2.45, 2.75) is 38.8 Å². The van der Waals surface area contributed by atoms with E-state index in [2.05, 4.69) is 36.7 Å². The van der Waals surface area contributed by atoms with E-state index in [1.807, 2.05) is 38.4 Å². The maximum Gasteiger partial charge on any atom is 0.421 e. The van der Waals surface area contributed by atoms with Crippen molar-refractivity contribution in [1.29, 1.82) is 0 Å². The highest BCUT2D eigenvalue weighted by molar-refractivity contribution is 5.51. The van der Waals surface area contributed by atoms with Gasteiger partial charge in [-0.3, -0.25) is 0 Å². The first kappa shape index (κ1) is 23.3. The van der Waals surface area contributed by atoms with Gasteiger partial charge < -0.3 is 33.3 Å². The number of hydrogen-bond acceptors (Lipinski definition) is 5. The third kappa shape index (κ3) is 7.40. The van der Waals surface area contributed by atoms with Gasteiger partial charge in [0.1, 0.15) is 5.69 Å². The van der Waals surface area contributed by atoms with Crippen molar-refractivity contribution in [2.75, 3.05) is 32.1 Å². The molecule has 1 aromatic heterocycles. The van der Waals surface area contributed by atoms with E-state index in [1.54, 1.807) is 0 Å². The molecule has 0 amide bonds. The summed E-state index contributed by atoms with van der Waals surface area (Å²) in [7, 11) is 4.05. The van der Waals surface area contributed by atoms with Crippen molar-refractivity contribution in [3.63, 3.8) is 0 Å². The normalized spacial score (nSPS) is 11.0. The number of hydrogen-bond donors (Lipinski definition) is 2. The van der Waals surface area contributed by atoms with Gasteiger partial charge in [-0.05, 0) is 63.0 Å². The van der Waals surface area contributed by atoms with Gasteiger partial charge in [0.15, 0.2) is 0 Å². The molecule has 2 rings (SSSR count). The molecule has 1 aromatic carbocycles. The Balaban J connectivity index is 0.00000364. The molecule has 0 bridgehead atoms. The highest BCUT2D eigenvalue weighted by Gasteiger charge is 2.16. The average Bonchev–Trinajstić information content (AvgIpc) is 3.02. The molecule has 0 spiro atoms. The van der Waals surface area contributed by atoms with Gasteiger partial charge in [-0.15, -0.1) is 0 Å². The Morgan fingerprint density at radius 2 is 1.63 bits per heavy atom. The summed E-state index contributed by atoms with van der Waals surface area (Å²) in [6.07, 6.45) is 8.23. The Labute approximate surface area is 172 Å². The number of halogens is 1. The molecular formula is C19H32BrN7. The molecule has 27 heavy (non-hydrogen) atoms. The van der Waals surface area contributed by atoms with Gasteiger partial charge in [0.05, 0.1) is 25.5 Å². The smallest absolute Gasteiger partial charge is 0.421 e.